The van der Waals surface area contributed by atoms with Gasteiger partial charge in [0.05, 0.1) is 16.1 Å². The minimum atomic E-state index is -5.58. The van der Waals surface area contributed by atoms with E-state index in [1.807, 2.05) is 0 Å². The number of pyridine rings is 1. The molecule has 0 N–H and O–H groups in total. The van der Waals surface area contributed by atoms with Crippen LogP contribution in [0.15, 0.2) is 78.0 Å². The highest BCUT2D eigenvalue weighted by atomic mass is 32.2. The lowest BCUT2D eigenvalue weighted by Gasteiger charge is -2.18. The number of aromatic nitrogens is 1. The van der Waals surface area contributed by atoms with Crippen LogP contribution in [0.1, 0.15) is 15.9 Å². The monoisotopic (exact) mass is 519 g/mol. The fraction of sp³-hybridized carbons (Fsp3) is 0.130. The molecule has 1 aliphatic rings. The standard InChI is InChI=1S/C23H16F3N3O6S/c24-23(25,26)36(33,34)18-8-6-16(7-9-18)29-20(30)14-28(22(29)32)13-15-10-11-27-12-19(15)21(31)35-17-4-2-1-3-5-17/h1-12H,13-14H2. The smallest absolute Gasteiger partial charge is 0.423 e. The molecule has 0 bridgehead atoms. The van der Waals surface area contributed by atoms with E-state index in [0.717, 1.165) is 17.0 Å². The Hall–Kier alpha value is -4.26. The van der Waals surface area contributed by atoms with Crippen LogP contribution in [-0.4, -0.2) is 48.3 Å². The van der Waals surface area contributed by atoms with E-state index in [0.29, 0.717) is 28.3 Å². The summed E-state index contributed by atoms with van der Waals surface area (Å²) in [5.74, 6) is -1.11. The number of esters is 1. The van der Waals surface area contributed by atoms with Crippen molar-refractivity contribution in [3.63, 3.8) is 0 Å². The summed E-state index contributed by atoms with van der Waals surface area (Å²) in [6, 6.07) is 12.2. The molecule has 3 amide bonds. The van der Waals surface area contributed by atoms with Crippen LogP contribution in [0.5, 0.6) is 5.75 Å². The maximum absolute atomic E-state index is 12.9. The number of carbonyl (C=O) groups excluding carboxylic acids is 3. The van der Waals surface area contributed by atoms with Gasteiger partial charge in [0.15, 0.2) is 0 Å². The zero-order valence-corrected chi connectivity index (χ0v) is 19.0. The van der Waals surface area contributed by atoms with Crippen molar-refractivity contribution in [3.8, 4) is 5.75 Å². The van der Waals surface area contributed by atoms with Crippen LogP contribution in [-0.2, 0) is 21.2 Å². The number of nitrogens with zero attached hydrogens (tertiary/aromatic N) is 3. The van der Waals surface area contributed by atoms with Gasteiger partial charge in [0.25, 0.3) is 15.7 Å². The Morgan fingerprint density at radius 2 is 1.67 bits per heavy atom. The second-order valence-electron chi connectivity index (χ2n) is 7.55. The summed E-state index contributed by atoms with van der Waals surface area (Å²) in [5, 5.41) is 0. The summed E-state index contributed by atoms with van der Waals surface area (Å²) >= 11 is 0. The summed E-state index contributed by atoms with van der Waals surface area (Å²) < 4.78 is 66.7. The van der Waals surface area contributed by atoms with Crippen molar-refractivity contribution in [2.75, 3.05) is 11.4 Å². The van der Waals surface area contributed by atoms with Crippen molar-refractivity contribution in [2.45, 2.75) is 16.9 Å². The van der Waals surface area contributed by atoms with Crippen LogP contribution < -0.4 is 9.64 Å². The summed E-state index contributed by atoms with van der Waals surface area (Å²) in [6.07, 6.45) is 2.66. The fourth-order valence-corrected chi connectivity index (χ4v) is 4.20. The van der Waals surface area contributed by atoms with Gasteiger partial charge in [-0.1, -0.05) is 18.2 Å². The fourth-order valence-electron chi connectivity index (χ4n) is 3.44. The maximum Gasteiger partial charge on any atom is 0.501 e. The number of anilines is 1. The van der Waals surface area contributed by atoms with Crippen molar-refractivity contribution in [3.05, 3.63) is 84.2 Å². The third-order valence-electron chi connectivity index (χ3n) is 5.19. The molecule has 0 unspecified atom stereocenters. The third-order valence-corrected chi connectivity index (χ3v) is 6.70. The summed E-state index contributed by atoms with van der Waals surface area (Å²) in [7, 11) is -5.58. The first kappa shape index (κ1) is 24.9. The van der Waals surface area contributed by atoms with Gasteiger partial charge in [-0.15, -0.1) is 0 Å². The Balaban J connectivity index is 1.53. The first-order chi connectivity index (χ1) is 17.0. The summed E-state index contributed by atoms with van der Waals surface area (Å²) in [6.45, 7) is -0.541. The molecule has 1 aromatic heterocycles. The second kappa shape index (κ2) is 9.41. The SMILES string of the molecule is O=C(Oc1ccccc1)c1cnccc1CN1CC(=O)N(c2ccc(S(=O)(=O)C(F)(F)F)cc2)C1=O. The summed E-state index contributed by atoms with van der Waals surface area (Å²) in [5.41, 5.74) is -5.18. The molecule has 0 saturated carbocycles. The number of benzene rings is 2. The highest BCUT2D eigenvalue weighted by Crippen LogP contribution is 2.32. The summed E-state index contributed by atoms with van der Waals surface area (Å²) in [4.78, 5) is 42.9. The van der Waals surface area contributed by atoms with Crippen LogP contribution in [0.2, 0.25) is 0 Å². The number of rotatable bonds is 6. The Kier molecular flexibility index (Phi) is 6.50. The number of hydrogen-bond acceptors (Lipinski definition) is 7. The van der Waals surface area contributed by atoms with Gasteiger partial charge < -0.3 is 9.64 Å². The number of urea groups is 1. The highest BCUT2D eigenvalue weighted by molar-refractivity contribution is 7.92. The van der Waals surface area contributed by atoms with Gasteiger partial charge in [-0.05, 0) is 48.0 Å². The molecule has 3 aromatic rings. The zero-order chi connectivity index (χ0) is 26.1. The molecule has 36 heavy (non-hydrogen) atoms. The first-order valence-corrected chi connectivity index (χ1v) is 11.7. The number of imide groups is 1. The normalized spacial score (nSPS) is 14.3. The largest absolute Gasteiger partial charge is 0.501 e. The minimum Gasteiger partial charge on any atom is -0.423 e. The van der Waals surface area contributed by atoms with Crippen LogP contribution >= 0.6 is 0 Å². The van der Waals surface area contributed by atoms with Crippen LogP contribution in [0.3, 0.4) is 0 Å². The highest BCUT2D eigenvalue weighted by Gasteiger charge is 2.47. The lowest BCUT2D eigenvalue weighted by atomic mass is 10.1. The molecule has 1 fully saturated rings. The van der Waals surface area contributed by atoms with E-state index < -0.39 is 38.1 Å². The average molecular weight is 519 g/mol. The Morgan fingerprint density at radius 1 is 1.00 bits per heavy atom. The lowest BCUT2D eigenvalue weighted by molar-refractivity contribution is -0.116. The average Bonchev–Trinajstić information content (AvgIpc) is 3.12. The Labute approximate surface area is 202 Å². The van der Waals surface area contributed by atoms with E-state index in [1.54, 1.807) is 30.3 Å². The number of ether oxygens (including phenoxy) is 1. The molecule has 0 spiro atoms. The minimum absolute atomic E-state index is 0.0711. The van der Waals surface area contributed by atoms with Gasteiger partial charge in [0.2, 0.25) is 0 Å². The third kappa shape index (κ3) is 4.77. The number of halogens is 3. The van der Waals surface area contributed by atoms with Crippen molar-refractivity contribution in [2.24, 2.45) is 0 Å². The Bertz CT molecular complexity index is 1430. The van der Waals surface area contributed by atoms with E-state index >= 15 is 0 Å². The van der Waals surface area contributed by atoms with Crippen molar-refractivity contribution in [1.29, 1.82) is 0 Å². The Morgan fingerprint density at radius 3 is 2.31 bits per heavy atom. The molecular formula is C23H16F3N3O6S. The number of carbonyl (C=O) groups is 3. The van der Waals surface area contributed by atoms with E-state index in [4.69, 9.17) is 4.74 Å². The van der Waals surface area contributed by atoms with E-state index in [-0.39, 0.29) is 24.3 Å². The molecule has 2 aromatic carbocycles. The number of para-hydroxylation sites is 1. The van der Waals surface area contributed by atoms with E-state index in [1.165, 1.54) is 18.5 Å². The van der Waals surface area contributed by atoms with Crippen LogP contribution in [0, 0.1) is 0 Å². The van der Waals surface area contributed by atoms with Crippen molar-refractivity contribution in [1.82, 2.24) is 9.88 Å². The number of sulfone groups is 1. The van der Waals surface area contributed by atoms with Gasteiger partial charge in [-0.3, -0.25) is 9.78 Å². The molecular weight excluding hydrogens is 503 g/mol. The van der Waals surface area contributed by atoms with Crippen LogP contribution in [0.25, 0.3) is 0 Å². The van der Waals surface area contributed by atoms with Gasteiger partial charge in [-0.2, -0.15) is 13.2 Å². The second-order valence-corrected chi connectivity index (χ2v) is 9.49. The van der Waals surface area contributed by atoms with Gasteiger partial charge in [-0.25, -0.2) is 22.9 Å². The number of hydrogen-bond donors (Lipinski definition) is 0. The molecule has 186 valence electrons. The topological polar surface area (TPSA) is 114 Å². The van der Waals surface area contributed by atoms with Gasteiger partial charge >= 0.3 is 17.5 Å². The van der Waals surface area contributed by atoms with Crippen molar-refractivity contribution >= 4 is 33.4 Å². The van der Waals surface area contributed by atoms with Crippen molar-refractivity contribution < 1.29 is 40.7 Å². The van der Waals surface area contributed by atoms with E-state index in [2.05, 4.69) is 4.98 Å². The first-order valence-electron chi connectivity index (χ1n) is 10.2. The zero-order valence-electron chi connectivity index (χ0n) is 18.2. The predicted molar refractivity (Wildman–Crippen MR) is 119 cm³/mol. The predicted octanol–water partition coefficient (Wildman–Crippen LogP) is 3.56. The molecule has 0 aliphatic carbocycles. The van der Waals surface area contributed by atoms with Gasteiger partial charge in [0, 0.05) is 18.9 Å². The number of amides is 3. The van der Waals surface area contributed by atoms with Crippen LogP contribution in [0.4, 0.5) is 23.7 Å². The molecule has 13 heteroatoms. The molecule has 1 saturated heterocycles. The molecule has 9 nitrogen and oxygen atoms in total. The maximum atomic E-state index is 12.9. The quantitative estimate of drug-likeness (QED) is 0.278. The number of alkyl halides is 3. The molecule has 4 rings (SSSR count). The molecule has 0 atom stereocenters. The lowest BCUT2D eigenvalue weighted by Crippen LogP contribution is -2.33. The molecule has 0 radical (unpaired) electrons. The van der Waals surface area contributed by atoms with E-state index in [9.17, 15) is 36.0 Å². The molecule has 1 aliphatic heterocycles. The molecule has 2 heterocycles. The van der Waals surface area contributed by atoms with Gasteiger partial charge in [0.1, 0.15) is 12.3 Å².